The molecule has 3 aromatic rings. The maximum absolute atomic E-state index is 12.3. The second-order valence-electron chi connectivity index (χ2n) is 5.82. The summed E-state index contributed by atoms with van der Waals surface area (Å²) < 4.78 is 6.90. The van der Waals surface area contributed by atoms with Crippen molar-refractivity contribution in [3.8, 4) is 11.4 Å². The second-order valence-corrected chi connectivity index (χ2v) is 7.12. The minimum atomic E-state index is -0.362. The van der Waals surface area contributed by atoms with E-state index in [1.165, 1.54) is 11.8 Å². The Morgan fingerprint density at radius 2 is 2.08 bits per heavy atom. The summed E-state index contributed by atoms with van der Waals surface area (Å²) >= 11 is 1.34. The Morgan fingerprint density at radius 1 is 1.28 bits per heavy atom. The van der Waals surface area contributed by atoms with Gasteiger partial charge in [0.05, 0.1) is 10.9 Å². The summed E-state index contributed by atoms with van der Waals surface area (Å²) in [5.74, 6) is 0.930. The molecule has 8 heteroatoms. The summed E-state index contributed by atoms with van der Waals surface area (Å²) in [4.78, 5) is 12.3. The van der Waals surface area contributed by atoms with Gasteiger partial charge >= 0.3 is 0 Å². The Hall–Kier alpha value is -2.61. The molecule has 1 atom stereocenters. The number of nitrogens with one attached hydrogen (secondary N) is 1. The number of anilines is 1. The van der Waals surface area contributed by atoms with Crippen LogP contribution < -0.4 is 5.32 Å². The molecule has 0 radical (unpaired) electrons. The lowest BCUT2D eigenvalue weighted by Crippen LogP contribution is -2.22. The van der Waals surface area contributed by atoms with Crippen LogP contribution in [-0.4, -0.2) is 31.1 Å². The van der Waals surface area contributed by atoms with Crippen molar-refractivity contribution in [2.75, 3.05) is 5.32 Å². The molecule has 0 aliphatic rings. The molecule has 130 valence electrons. The van der Waals surface area contributed by atoms with Crippen molar-refractivity contribution in [3.05, 3.63) is 41.6 Å². The average molecular weight is 357 g/mol. The number of rotatable bonds is 5. The molecule has 7 nitrogen and oxygen atoms in total. The molecule has 0 fully saturated rings. The number of amides is 1. The quantitative estimate of drug-likeness (QED) is 0.706. The van der Waals surface area contributed by atoms with E-state index in [1.54, 1.807) is 13.0 Å². The highest BCUT2D eigenvalue weighted by Crippen LogP contribution is 2.26. The van der Waals surface area contributed by atoms with Crippen molar-refractivity contribution in [2.24, 2.45) is 7.05 Å². The first-order valence-corrected chi connectivity index (χ1v) is 8.69. The number of carbonyl (C=O) groups is 1. The molecule has 25 heavy (non-hydrogen) atoms. The van der Waals surface area contributed by atoms with Crippen LogP contribution in [0.2, 0.25) is 0 Å². The molecule has 0 bridgehead atoms. The lowest BCUT2D eigenvalue weighted by molar-refractivity contribution is -0.115. The Labute approximate surface area is 149 Å². The zero-order chi connectivity index (χ0) is 18.0. The SMILES string of the molecule is Cc1cccc(-c2nnc(SC(C)C(=O)Nc3cc(C)no3)n2C)c1. The van der Waals surface area contributed by atoms with E-state index < -0.39 is 0 Å². The molecule has 3 rings (SSSR count). The summed E-state index contributed by atoms with van der Waals surface area (Å²) in [5.41, 5.74) is 2.87. The van der Waals surface area contributed by atoms with E-state index in [0.717, 1.165) is 17.0 Å². The first-order chi connectivity index (χ1) is 11.9. The predicted molar refractivity (Wildman–Crippen MR) is 96.4 cm³/mol. The normalized spacial score (nSPS) is 12.2. The third kappa shape index (κ3) is 3.90. The molecule has 1 unspecified atom stereocenters. The van der Waals surface area contributed by atoms with Crippen molar-refractivity contribution < 1.29 is 9.32 Å². The van der Waals surface area contributed by atoms with Gasteiger partial charge in [0.15, 0.2) is 11.0 Å². The Bertz CT molecular complexity index is 902. The van der Waals surface area contributed by atoms with Crippen LogP contribution in [0.4, 0.5) is 5.88 Å². The number of aromatic nitrogens is 4. The molecule has 0 aliphatic carbocycles. The number of hydrogen-bond acceptors (Lipinski definition) is 6. The van der Waals surface area contributed by atoms with Crippen molar-refractivity contribution >= 4 is 23.6 Å². The molecule has 1 aromatic carbocycles. The third-order valence-corrected chi connectivity index (χ3v) is 4.77. The van der Waals surface area contributed by atoms with E-state index in [1.807, 2.05) is 43.7 Å². The fourth-order valence-electron chi connectivity index (χ4n) is 2.31. The largest absolute Gasteiger partial charge is 0.338 e. The monoisotopic (exact) mass is 357 g/mol. The number of thioether (sulfide) groups is 1. The van der Waals surface area contributed by atoms with E-state index in [0.29, 0.717) is 16.7 Å². The standard InChI is InChI=1S/C17H19N5O2S/c1-10-6-5-7-13(8-10)15-19-20-17(22(15)4)25-12(3)16(23)18-14-9-11(2)21-24-14/h5-9,12H,1-4H3,(H,18,23). The van der Waals surface area contributed by atoms with Gasteiger partial charge in [0.25, 0.3) is 0 Å². The van der Waals surface area contributed by atoms with Gasteiger partial charge in [-0.3, -0.25) is 10.1 Å². The van der Waals surface area contributed by atoms with Crippen LogP contribution in [0, 0.1) is 13.8 Å². The highest BCUT2D eigenvalue weighted by atomic mass is 32.2. The molecular formula is C17H19N5O2S. The summed E-state index contributed by atoms with van der Waals surface area (Å²) in [5, 5.41) is 15.2. The van der Waals surface area contributed by atoms with Gasteiger partial charge in [0.1, 0.15) is 0 Å². The summed E-state index contributed by atoms with van der Waals surface area (Å²) in [6.07, 6.45) is 0. The minimum Gasteiger partial charge on any atom is -0.338 e. The Kier molecular flexibility index (Phi) is 4.89. The highest BCUT2D eigenvalue weighted by Gasteiger charge is 2.20. The molecular weight excluding hydrogens is 338 g/mol. The highest BCUT2D eigenvalue weighted by molar-refractivity contribution is 8.00. The molecule has 2 aromatic heterocycles. The maximum Gasteiger partial charge on any atom is 0.240 e. The second kappa shape index (κ2) is 7.10. The Balaban J connectivity index is 1.71. The van der Waals surface area contributed by atoms with Crippen molar-refractivity contribution in [1.29, 1.82) is 0 Å². The lowest BCUT2D eigenvalue weighted by atomic mass is 10.1. The molecule has 0 saturated heterocycles. The molecule has 1 amide bonds. The van der Waals surface area contributed by atoms with Gasteiger partial charge in [0, 0.05) is 18.7 Å². The lowest BCUT2D eigenvalue weighted by Gasteiger charge is -2.10. The van der Waals surface area contributed by atoms with E-state index in [4.69, 9.17) is 4.52 Å². The minimum absolute atomic E-state index is 0.179. The number of aryl methyl sites for hydroxylation is 2. The first kappa shape index (κ1) is 17.2. The number of benzene rings is 1. The van der Waals surface area contributed by atoms with Crippen molar-refractivity contribution in [2.45, 2.75) is 31.2 Å². The van der Waals surface area contributed by atoms with Gasteiger partial charge in [-0.25, -0.2) is 0 Å². The fraction of sp³-hybridized carbons (Fsp3) is 0.294. The van der Waals surface area contributed by atoms with Crippen molar-refractivity contribution in [3.63, 3.8) is 0 Å². The molecule has 0 aliphatic heterocycles. The zero-order valence-corrected chi connectivity index (χ0v) is 15.3. The van der Waals surface area contributed by atoms with E-state index in [-0.39, 0.29) is 11.2 Å². The molecule has 1 N–H and O–H groups in total. The summed E-state index contributed by atoms with van der Waals surface area (Å²) in [6.45, 7) is 5.64. The fourth-order valence-corrected chi connectivity index (χ4v) is 3.12. The Morgan fingerprint density at radius 3 is 2.76 bits per heavy atom. The van der Waals surface area contributed by atoms with Gasteiger partial charge in [-0.2, -0.15) is 0 Å². The number of hydrogen-bond donors (Lipinski definition) is 1. The van der Waals surface area contributed by atoms with E-state index in [9.17, 15) is 4.79 Å². The van der Waals surface area contributed by atoms with Crippen LogP contribution in [0.15, 0.2) is 40.0 Å². The average Bonchev–Trinajstić information content (AvgIpc) is 3.14. The van der Waals surface area contributed by atoms with Gasteiger partial charge in [-0.1, -0.05) is 40.7 Å². The summed E-state index contributed by atoms with van der Waals surface area (Å²) in [6, 6.07) is 9.75. The van der Waals surface area contributed by atoms with Crippen LogP contribution in [-0.2, 0) is 11.8 Å². The number of carbonyl (C=O) groups excluding carboxylic acids is 1. The first-order valence-electron chi connectivity index (χ1n) is 7.81. The van der Waals surface area contributed by atoms with Crippen LogP contribution in [0.1, 0.15) is 18.2 Å². The van der Waals surface area contributed by atoms with Crippen LogP contribution in [0.25, 0.3) is 11.4 Å². The van der Waals surface area contributed by atoms with E-state index in [2.05, 4.69) is 26.7 Å². The third-order valence-electron chi connectivity index (χ3n) is 3.64. The number of nitrogens with zero attached hydrogens (tertiary/aromatic N) is 4. The smallest absolute Gasteiger partial charge is 0.240 e. The molecule has 0 spiro atoms. The van der Waals surface area contributed by atoms with Gasteiger partial charge in [-0.05, 0) is 26.8 Å². The van der Waals surface area contributed by atoms with Gasteiger partial charge in [0.2, 0.25) is 11.8 Å². The van der Waals surface area contributed by atoms with Crippen LogP contribution in [0.3, 0.4) is 0 Å². The summed E-state index contributed by atoms with van der Waals surface area (Å²) in [7, 11) is 1.89. The molecule has 2 heterocycles. The van der Waals surface area contributed by atoms with Crippen LogP contribution >= 0.6 is 11.8 Å². The maximum atomic E-state index is 12.3. The van der Waals surface area contributed by atoms with Gasteiger partial charge in [-0.15, -0.1) is 10.2 Å². The van der Waals surface area contributed by atoms with Crippen molar-refractivity contribution in [1.82, 2.24) is 19.9 Å². The van der Waals surface area contributed by atoms with Crippen LogP contribution in [0.5, 0.6) is 0 Å². The predicted octanol–water partition coefficient (Wildman–Crippen LogP) is 3.21. The zero-order valence-electron chi connectivity index (χ0n) is 14.5. The van der Waals surface area contributed by atoms with Gasteiger partial charge < -0.3 is 9.09 Å². The van der Waals surface area contributed by atoms with E-state index >= 15 is 0 Å². The molecule has 0 saturated carbocycles. The topological polar surface area (TPSA) is 85.8 Å².